The van der Waals surface area contributed by atoms with Crippen LogP contribution >= 0.6 is 11.3 Å². The fourth-order valence-corrected chi connectivity index (χ4v) is 3.84. The van der Waals surface area contributed by atoms with Crippen molar-refractivity contribution < 1.29 is 0 Å². The minimum Gasteiger partial charge on any atom is -0.312 e. The van der Waals surface area contributed by atoms with Crippen molar-refractivity contribution in [3.63, 3.8) is 0 Å². The van der Waals surface area contributed by atoms with Crippen LogP contribution in [-0.2, 0) is 6.54 Å². The van der Waals surface area contributed by atoms with E-state index in [0.29, 0.717) is 0 Å². The predicted molar refractivity (Wildman–Crippen MR) is 87.2 cm³/mol. The second kappa shape index (κ2) is 5.78. The Balaban J connectivity index is 1.57. The van der Waals surface area contributed by atoms with E-state index in [9.17, 15) is 0 Å². The summed E-state index contributed by atoms with van der Waals surface area (Å²) in [6, 6.07) is 3.98. The van der Waals surface area contributed by atoms with Crippen LogP contribution < -0.4 is 5.32 Å². The fraction of sp³-hybridized carbons (Fsp3) is 0.765. The van der Waals surface area contributed by atoms with Gasteiger partial charge in [0.1, 0.15) is 0 Å². The lowest BCUT2D eigenvalue weighted by molar-refractivity contribution is 0.0453. The zero-order chi connectivity index (χ0) is 14.2. The smallest absolute Gasteiger partial charge is 0.0247 e. The second-order valence-corrected chi connectivity index (χ2v) is 8.35. The van der Waals surface area contributed by atoms with Gasteiger partial charge in [0.05, 0.1) is 0 Å². The van der Waals surface area contributed by atoms with Gasteiger partial charge in [-0.2, -0.15) is 11.3 Å². The molecule has 112 valence electrons. The highest BCUT2D eigenvalue weighted by Crippen LogP contribution is 2.40. The summed E-state index contributed by atoms with van der Waals surface area (Å²) in [6.07, 6.45) is 5.64. The topological polar surface area (TPSA) is 15.3 Å². The summed E-state index contributed by atoms with van der Waals surface area (Å²) in [7, 11) is 0. The molecule has 0 saturated heterocycles. The third kappa shape index (κ3) is 3.63. The van der Waals surface area contributed by atoms with E-state index < -0.39 is 0 Å². The maximum absolute atomic E-state index is 3.70. The average Bonchev–Trinajstić information content (AvgIpc) is 3.04. The largest absolute Gasteiger partial charge is 0.312 e. The third-order valence-electron chi connectivity index (χ3n) is 4.66. The van der Waals surface area contributed by atoms with Crippen LogP contribution in [0.25, 0.3) is 0 Å². The Kier molecular flexibility index (Phi) is 4.21. The minimum atomic E-state index is 0.248. The molecule has 0 spiro atoms. The van der Waals surface area contributed by atoms with Crippen LogP contribution in [0.1, 0.15) is 52.0 Å². The van der Waals surface area contributed by atoms with Crippen LogP contribution in [0.15, 0.2) is 16.8 Å². The second-order valence-electron chi connectivity index (χ2n) is 7.57. The van der Waals surface area contributed by atoms with Crippen LogP contribution in [0.5, 0.6) is 0 Å². The van der Waals surface area contributed by atoms with Crippen LogP contribution in [0.3, 0.4) is 0 Å². The Morgan fingerprint density at radius 3 is 2.55 bits per heavy atom. The fourth-order valence-electron chi connectivity index (χ4n) is 3.18. The van der Waals surface area contributed by atoms with Gasteiger partial charge >= 0.3 is 0 Å². The number of hydrogen-bond acceptors (Lipinski definition) is 3. The predicted octanol–water partition coefficient (Wildman–Crippen LogP) is 3.88. The van der Waals surface area contributed by atoms with E-state index in [4.69, 9.17) is 0 Å². The number of nitrogens with one attached hydrogen (secondary N) is 1. The van der Waals surface area contributed by atoms with Crippen LogP contribution in [0, 0.1) is 5.92 Å². The molecule has 2 aliphatic carbocycles. The molecule has 1 N–H and O–H groups in total. The van der Waals surface area contributed by atoms with E-state index >= 15 is 0 Å². The summed E-state index contributed by atoms with van der Waals surface area (Å²) in [5.74, 6) is 0.855. The molecule has 2 aliphatic rings. The SMILES string of the molecule is CC(C)(C)NCC1CCC1N(Cc1ccsc1)C1CC1. The summed E-state index contributed by atoms with van der Waals surface area (Å²) >= 11 is 1.83. The van der Waals surface area contributed by atoms with Gasteiger partial charge in [0, 0.05) is 24.2 Å². The number of rotatable bonds is 6. The van der Waals surface area contributed by atoms with Gasteiger partial charge < -0.3 is 5.32 Å². The van der Waals surface area contributed by atoms with E-state index in [1.54, 1.807) is 0 Å². The number of hydrogen-bond donors (Lipinski definition) is 1. The lowest BCUT2D eigenvalue weighted by atomic mass is 9.77. The van der Waals surface area contributed by atoms with Gasteiger partial charge in [-0.25, -0.2) is 0 Å². The lowest BCUT2D eigenvalue weighted by Crippen LogP contribution is -2.53. The zero-order valence-corrected chi connectivity index (χ0v) is 13.9. The summed E-state index contributed by atoms with van der Waals surface area (Å²) in [6.45, 7) is 9.16. The Morgan fingerprint density at radius 1 is 1.25 bits per heavy atom. The van der Waals surface area contributed by atoms with E-state index in [0.717, 1.165) is 18.0 Å². The standard InChI is InChI=1S/C17H28N2S/c1-17(2,3)18-10-14-4-7-16(14)19(15-5-6-15)11-13-8-9-20-12-13/h8-9,12,14-16,18H,4-7,10-11H2,1-3H3. The summed E-state index contributed by atoms with van der Waals surface area (Å²) in [5, 5.41) is 8.23. The molecule has 0 bridgehead atoms. The Bertz CT molecular complexity index is 417. The number of thiophene rings is 1. The van der Waals surface area contributed by atoms with Gasteiger partial charge in [0.2, 0.25) is 0 Å². The molecular weight excluding hydrogens is 264 g/mol. The van der Waals surface area contributed by atoms with Crippen LogP contribution in [0.4, 0.5) is 0 Å². The first kappa shape index (κ1) is 14.6. The van der Waals surface area contributed by atoms with Crippen LogP contribution in [-0.4, -0.2) is 29.1 Å². The number of nitrogens with zero attached hydrogens (tertiary/aromatic N) is 1. The molecular formula is C17H28N2S. The lowest BCUT2D eigenvalue weighted by Gasteiger charge is -2.45. The molecule has 1 aromatic heterocycles. The van der Waals surface area contributed by atoms with Crippen molar-refractivity contribution in [3.05, 3.63) is 22.4 Å². The highest BCUT2D eigenvalue weighted by atomic mass is 32.1. The average molecular weight is 292 g/mol. The van der Waals surface area contributed by atoms with Crippen molar-refractivity contribution >= 4 is 11.3 Å². The molecule has 0 aliphatic heterocycles. The molecule has 1 aromatic rings. The zero-order valence-electron chi connectivity index (χ0n) is 13.1. The molecule has 2 saturated carbocycles. The molecule has 1 heterocycles. The van der Waals surface area contributed by atoms with E-state index in [1.807, 2.05) is 11.3 Å². The molecule has 0 amide bonds. The maximum atomic E-state index is 3.70. The van der Waals surface area contributed by atoms with Crippen molar-refractivity contribution in [3.8, 4) is 0 Å². The van der Waals surface area contributed by atoms with Gasteiger partial charge in [-0.3, -0.25) is 4.90 Å². The van der Waals surface area contributed by atoms with Gasteiger partial charge in [-0.15, -0.1) is 0 Å². The normalized spacial score (nSPS) is 26.8. The van der Waals surface area contributed by atoms with Crippen molar-refractivity contribution in [2.45, 2.75) is 70.6 Å². The van der Waals surface area contributed by atoms with Crippen LogP contribution in [0.2, 0.25) is 0 Å². The quantitative estimate of drug-likeness (QED) is 0.856. The maximum Gasteiger partial charge on any atom is 0.0247 e. The first-order valence-electron chi connectivity index (χ1n) is 8.05. The molecule has 2 fully saturated rings. The highest BCUT2D eigenvalue weighted by molar-refractivity contribution is 7.07. The van der Waals surface area contributed by atoms with E-state index in [-0.39, 0.29) is 5.54 Å². The van der Waals surface area contributed by atoms with Crippen molar-refractivity contribution in [1.82, 2.24) is 10.2 Å². The monoisotopic (exact) mass is 292 g/mol. The van der Waals surface area contributed by atoms with Gasteiger partial charge in [-0.05, 0) is 81.3 Å². The molecule has 2 nitrogen and oxygen atoms in total. The summed E-state index contributed by atoms with van der Waals surface area (Å²) in [5.41, 5.74) is 1.76. The minimum absolute atomic E-state index is 0.248. The third-order valence-corrected chi connectivity index (χ3v) is 5.39. The first-order chi connectivity index (χ1) is 9.53. The summed E-state index contributed by atoms with van der Waals surface area (Å²) in [4.78, 5) is 2.81. The van der Waals surface area contributed by atoms with Gasteiger partial charge in [0.25, 0.3) is 0 Å². The van der Waals surface area contributed by atoms with Crippen molar-refractivity contribution in [1.29, 1.82) is 0 Å². The Hall–Kier alpha value is -0.380. The Morgan fingerprint density at radius 2 is 2.05 bits per heavy atom. The molecule has 2 unspecified atom stereocenters. The van der Waals surface area contributed by atoms with E-state index in [1.165, 1.54) is 44.3 Å². The highest BCUT2D eigenvalue weighted by Gasteiger charge is 2.41. The molecule has 3 heteroatoms. The first-order valence-corrected chi connectivity index (χ1v) is 8.99. The van der Waals surface area contributed by atoms with Gasteiger partial charge in [0.15, 0.2) is 0 Å². The van der Waals surface area contributed by atoms with Gasteiger partial charge in [-0.1, -0.05) is 0 Å². The Labute approximate surface area is 127 Å². The molecule has 2 atom stereocenters. The molecule has 0 aromatic carbocycles. The molecule has 20 heavy (non-hydrogen) atoms. The van der Waals surface area contributed by atoms with E-state index in [2.05, 4.69) is 47.8 Å². The molecule has 0 radical (unpaired) electrons. The molecule has 3 rings (SSSR count). The van der Waals surface area contributed by atoms with Crippen molar-refractivity contribution in [2.75, 3.05) is 6.54 Å². The van der Waals surface area contributed by atoms with Crippen molar-refractivity contribution in [2.24, 2.45) is 5.92 Å². The summed E-state index contributed by atoms with van der Waals surface area (Å²) < 4.78 is 0.